The van der Waals surface area contributed by atoms with Gasteiger partial charge in [-0.1, -0.05) is 0 Å². The van der Waals surface area contributed by atoms with Crippen molar-refractivity contribution in [2.24, 2.45) is 0 Å². The Hall–Kier alpha value is -0.960. The van der Waals surface area contributed by atoms with Crippen molar-refractivity contribution in [1.82, 2.24) is 5.32 Å². The summed E-state index contributed by atoms with van der Waals surface area (Å²) < 4.78 is 5.30. The van der Waals surface area contributed by atoms with Crippen LogP contribution in [0.4, 0.5) is 0 Å². The lowest BCUT2D eigenvalue weighted by Crippen LogP contribution is -2.22. The third-order valence-electron chi connectivity index (χ3n) is 1.79. The minimum absolute atomic E-state index is 0.0136. The van der Waals surface area contributed by atoms with E-state index in [1.807, 2.05) is 19.1 Å². The average Bonchev–Trinajstić information content (AvgIpc) is 2.58. The minimum atomic E-state index is 0.0136. The van der Waals surface area contributed by atoms with Gasteiger partial charge >= 0.3 is 0 Å². The van der Waals surface area contributed by atoms with Gasteiger partial charge in [0.05, 0.1) is 6.54 Å². The van der Waals surface area contributed by atoms with Crippen LogP contribution in [0.25, 0.3) is 0 Å². The van der Waals surface area contributed by atoms with Gasteiger partial charge in [-0.2, -0.15) is 0 Å². The van der Waals surface area contributed by atoms with E-state index in [2.05, 4.69) is 5.32 Å². The van der Waals surface area contributed by atoms with Crippen LogP contribution in [0.3, 0.4) is 0 Å². The van der Waals surface area contributed by atoms with Crippen LogP contribution in [0.5, 0.6) is 0 Å². The first kappa shape index (κ1) is 11.1. The SMILES string of the molecule is Cc1ccc(CNC(=O)CCCCl)o1. The average molecular weight is 216 g/mol. The summed E-state index contributed by atoms with van der Waals surface area (Å²) in [5.74, 6) is 2.17. The molecule has 0 unspecified atom stereocenters. The highest BCUT2D eigenvalue weighted by molar-refractivity contribution is 6.17. The van der Waals surface area contributed by atoms with Crippen LogP contribution in [0.15, 0.2) is 16.5 Å². The molecule has 0 atom stereocenters. The van der Waals surface area contributed by atoms with Crippen LogP contribution in [0.1, 0.15) is 24.4 Å². The first-order chi connectivity index (χ1) is 6.72. The molecule has 0 saturated heterocycles. The number of alkyl halides is 1. The molecule has 0 spiro atoms. The van der Waals surface area contributed by atoms with Gasteiger partial charge in [0.25, 0.3) is 0 Å². The van der Waals surface area contributed by atoms with Crippen LogP contribution < -0.4 is 5.32 Å². The number of hydrogen-bond acceptors (Lipinski definition) is 2. The highest BCUT2D eigenvalue weighted by atomic mass is 35.5. The lowest BCUT2D eigenvalue weighted by atomic mass is 10.3. The van der Waals surface area contributed by atoms with Gasteiger partial charge < -0.3 is 9.73 Å². The molecule has 0 bridgehead atoms. The number of hydrogen-bond donors (Lipinski definition) is 1. The van der Waals surface area contributed by atoms with E-state index in [0.29, 0.717) is 25.3 Å². The predicted octanol–water partition coefficient (Wildman–Crippen LogP) is 2.22. The Morgan fingerprint density at radius 1 is 1.57 bits per heavy atom. The van der Waals surface area contributed by atoms with Crippen molar-refractivity contribution < 1.29 is 9.21 Å². The fourth-order valence-electron chi connectivity index (χ4n) is 1.08. The van der Waals surface area contributed by atoms with Crippen molar-refractivity contribution in [2.75, 3.05) is 5.88 Å². The molecule has 1 rings (SSSR count). The summed E-state index contributed by atoms with van der Waals surface area (Å²) in [6.07, 6.45) is 1.19. The summed E-state index contributed by atoms with van der Waals surface area (Å²) in [6.45, 7) is 2.33. The molecule has 1 heterocycles. The molecule has 0 aromatic carbocycles. The van der Waals surface area contributed by atoms with Crippen molar-refractivity contribution in [3.63, 3.8) is 0 Å². The number of halogens is 1. The number of nitrogens with one attached hydrogen (secondary N) is 1. The number of carbonyl (C=O) groups is 1. The monoisotopic (exact) mass is 215 g/mol. The third kappa shape index (κ3) is 3.83. The summed E-state index contributed by atoms with van der Waals surface area (Å²) in [4.78, 5) is 11.2. The van der Waals surface area contributed by atoms with E-state index in [4.69, 9.17) is 16.0 Å². The van der Waals surface area contributed by atoms with Crippen molar-refractivity contribution >= 4 is 17.5 Å². The van der Waals surface area contributed by atoms with E-state index in [1.54, 1.807) is 0 Å². The molecule has 14 heavy (non-hydrogen) atoms. The maximum atomic E-state index is 11.2. The van der Waals surface area contributed by atoms with Crippen LogP contribution in [0, 0.1) is 6.92 Å². The van der Waals surface area contributed by atoms with Gasteiger partial charge in [0.2, 0.25) is 5.91 Å². The zero-order valence-electron chi connectivity index (χ0n) is 8.18. The fourth-order valence-corrected chi connectivity index (χ4v) is 1.22. The molecule has 1 amide bonds. The Morgan fingerprint density at radius 3 is 2.93 bits per heavy atom. The summed E-state index contributed by atoms with van der Waals surface area (Å²) >= 11 is 5.47. The van der Waals surface area contributed by atoms with Crippen LogP contribution in [-0.2, 0) is 11.3 Å². The largest absolute Gasteiger partial charge is 0.465 e. The normalized spacial score (nSPS) is 10.1. The summed E-state index contributed by atoms with van der Waals surface area (Å²) in [6, 6.07) is 3.73. The van der Waals surface area contributed by atoms with E-state index in [1.165, 1.54) is 0 Å². The van der Waals surface area contributed by atoms with E-state index < -0.39 is 0 Å². The van der Waals surface area contributed by atoms with Crippen LogP contribution in [0.2, 0.25) is 0 Å². The predicted molar refractivity (Wildman–Crippen MR) is 55.2 cm³/mol. The Morgan fingerprint density at radius 2 is 2.36 bits per heavy atom. The van der Waals surface area contributed by atoms with Crippen LogP contribution in [-0.4, -0.2) is 11.8 Å². The number of carbonyl (C=O) groups excluding carboxylic acids is 1. The lowest BCUT2D eigenvalue weighted by Gasteiger charge is -2.01. The van der Waals surface area contributed by atoms with Gasteiger partial charge in [-0.15, -0.1) is 11.6 Å². The molecular weight excluding hydrogens is 202 g/mol. The maximum absolute atomic E-state index is 11.2. The minimum Gasteiger partial charge on any atom is -0.465 e. The molecule has 0 saturated carbocycles. The number of furan rings is 1. The van der Waals surface area contributed by atoms with Gasteiger partial charge in [-0.25, -0.2) is 0 Å². The Labute approximate surface area is 88.4 Å². The molecule has 0 fully saturated rings. The number of aryl methyl sites for hydroxylation is 1. The van der Waals surface area contributed by atoms with Gasteiger partial charge in [0, 0.05) is 12.3 Å². The van der Waals surface area contributed by atoms with Crippen molar-refractivity contribution in [3.8, 4) is 0 Å². The Kier molecular flexibility index (Phi) is 4.53. The Balaban J connectivity index is 2.23. The molecule has 1 aromatic rings. The second-order valence-electron chi connectivity index (χ2n) is 3.08. The van der Waals surface area contributed by atoms with E-state index in [9.17, 15) is 4.79 Å². The van der Waals surface area contributed by atoms with Crippen molar-refractivity contribution in [1.29, 1.82) is 0 Å². The molecule has 1 N–H and O–H groups in total. The van der Waals surface area contributed by atoms with Gasteiger partial charge in [0.15, 0.2) is 0 Å². The first-order valence-electron chi connectivity index (χ1n) is 4.60. The van der Waals surface area contributed by atoms with E-state index in [0.717, 1.165) is 11.5 Å². The number of amides is 1. The molecule has 78 valence electrons. The van der Waals surface area contributed by atoms with Gasteiger partial charge in [-0.3, -0.25) is 4.79 Å². The van der Waals surface area contributed by atoms with Gasteiger partial charge in [0.1, 0.15) is 11.5 Å². The first-order valence-corrected chi connectivity index (χ1v) is 5.14. The summed E-state index contributed by atoms with van der Waals surface area (Å²) in [7, 11) is 0. The highest BCUT2D eigenvalue weighted by Gasteiger charge is 2.02. The molecule has 1 aromatic heterocycles. The molecular formula is C10H14ClNO2. The highest BCUT2D eigenvalue weighted by Crippen LogP contribution is 2.05. The van der Waals surface area contributed by atoms with Crippen molar-refractivity contribution in [3.05, 3.63) is 23.7 Å². The molecule has 0 radical (unpaired) electrons. The molecule has 0 aliphatic carbocycles. The van der Waals surface area contributed by atoms with Gasteiger partial charge in [-0.05, 0) is 25.5 Å². The third-order valence-corrected chi connectivity index (χ3v) is 2.06. The van der Waals surface area contributed by atoms with E-state index in [-0.39, 0.29) is 5.91 Å². The van der Waals surface area contributed by atoms with E-state index >= 15 is 0 Å². The lowest BCUT2D eigenvalue weighted by molar-refractivity contribution is -0.121. The standard InChI is InChI=1S/C10H14ClNO2/c1-8-4-5-9(14-8)7-12-10(13)3-2-6-11/h4-5H,2-3,6-7H2,1H3,(H,12,13). The molecule has 3 nitrogen and oxygen atoms in total. The second kappa shape index (κ2) is 5.70. The fraction of sp³-hybridized carbons (Fsp3) is 0.500. The zero-order chi connectivity index (χ0) is 10.4. The Bertz CT molecular complexity index is 296. The second-order valence-corrected chi connectivity index (χ2v) is 3.46. The van der Waals surface area contributed by atoms with Crippen LogP contribution >= 0.6 is 11.6 Å². The molecule has 0 aliphatic heterocycles. The van der Waals surface area contributed by atoms with Crippen molar-refractivity contribution in [2.45, 2.75) is 26.3 Å². The maximum Gasteiger partial charge on any atom is 0.220 e. The topological polar surface area (TPSA) is 42.2 Å². The summed E-state index contributed by atoms with van der Waals surface area (Å²) in [5, 5.41) is 2.76. The quantitative estimate of drug-likeness (QED) is 0.766. The smallest absolute Gasteiger partial charge is 0.220 e. The number of rotatable bonds is 5. The molecule has 4 heteroatoms. The summed E-state index contributed by atoms with van der Waals surface area (Å²) in [5.41, 5.74) is 0. The zero-order valence-corrected chi connectivity index (χ0v) is 8.93. The molecule has 0 aliphatic rings.